The molecular weight excluding hydrogens is 721 g/mol. The van der Waals surface area contributed by atoms with Crippen molar-refractivity contribution in [3.8, 4) is 11.4 Å². The number of nitrogens with zero attached hydrogens (tertiary/aromatic N) is 3. The van der Waals surface area contributed by atoms with Crippen LogP contribution in [-0.4, -0.2) is 93.4 Å². The molecule has 5 rings (SSSR count). The number of hydrogen-bond donors (Lipinski definition) is 4. The molecule has 0 spiro atoms. The van der Waals surface area contributed by atoms with E-state index in [-0.39, 0.29) is 23.9 Å². The monoisotopic (exact) mass is 748 g/mol. The SMILES string of the molecule is Cc1cc(N2CCN(C(=O)CCl)CC2)cc2[nH]c(-c3c(NC[C@@H](O)c4cccc(Cl)c4)cc[nH]c3=O)nc12.O=C(C(=O)C(F)(F)F)C(F)(F)F. The Kier molecular flexibility index (Phi) is 11.9. The van der Waals surface area contributed by atoms with Crippen LogP contribution < -0.4 is 15.8 Å². The van der Waals surface area contributed by atoms with E-state index in [0.717, 1.165) is 22.3 Å². The smallest absolute Gasteiger partial charge is 0.387 e. The normalized spacial score (nSPS) is 14.2. The van der Waals surface area contributed by atoms with Gasteiger partial charge in [0.15, 0.2) is 0 Å². The van der Waals surface area contributed by atoms with E-state index in [2.05, 4.69) is 26.3 Å². The van der Waals surface area contributed by atoms with Gasteiger partial charge in [0, 0.05) is 49.6 Å². The van der Waals surface area contributed by atoms with Crippen LogP contribution in [-0.2, 0) is 14.4 Å². The van der Waals surface area contributed by atoms with E-state index in [1.165, 1.54) is 0 Å². The van der Waals surface area contributed by atoms with Crippen molar-refractivity contribution in [3.63, 3.8) is 0 Å². The molecule has 0 saturated carbocycles. The molecule has 1 atom stereocenters. The van der Waals surface area contributed by atoms with Crippen LogP contribution in [0.1, 0.15) is 17.2 Å². The van der Waals surface area contributed by atoms with Crippen LogP contribution in [0, 0.1) is 6.92 Å². The number of nitrogens with one attached hydrogen (secondary N) is 3. The number of amides is 1. The molecule has 1 saturated heterocycles. The number of carbonyl (C=O) groups excluding carboxylic acids is 3. The second-order valence-electron chi connectivity index (χ2n) is 10.9. The van der Waals surface area contributed by atoms with Crippen molar-refractivity contribution in [2.75, 3.05) is 48.8 Å². The second kappa shape index (κ2) is 15.5. The number of aromatic nitrogens is 3. The zero-order chi connectivity index (χ0) is 37.0. The number of hydrogen-bond acceptors (Lipinski definition) is 8. The molecule has 1 aliphatic heterocycles. The number of fused-ring (bicyclic) bond motifs is 1. The highest BCUT2D eigenvalue weighted by molar-refractivity contribution is 6.41. The first-order valence-electron chi connectivity index (χ1n) is 14.6. The lowest BCUT2D eigenvalue weighted by molar-refractivity contribution is -0.193. The third kappa shape index (κ3) is 9.13. The fourth-order valence-electron chi connectivity index (χ4n) is 5.03. The third-order valence-corrected chi connectivity index (χ3v) is 7.98. The summed E-state index contributed by atoms with van der Waals surface area (Å²) < 4.78 is 67.0. The molecule has 0 unspecified atom stereocenters. The second-order valence-corrected chi connectivity index (χ2v) is 11.7. The average Bonchev–Trinajstić information content (AvgIpc) is 3.50. The van der Waals surface area contributed by atoms with Gasteiger partial charge in [-0.15, -0.1) is 11.6 Å². The molecule has 19 heteroatoms. The lowest BCUT2D eigenvalue weighted by atomic mass is 10.1. The van der Waals surface area contributed by atoms with E-state index in [9.17, 15) is 50.6 Å². The standard InChI is InChI=1S/C27H28Cl2N6O3.C4F6O2/c1-16-11-19(34-7-9-35(10-8-34)23(37)14-28)13-21-25(16)33-26(32-21)24-20(5-6-30-27(24)38)31-15-22(36)17-3-2-4-18(29)12-17;5-3(6,7)1(11)2(12)4(8,9)10/h2-6,11-13,22,36H,7-10,14-15H2,1H3,(H,32,33)(H2,30,31,38);/t22-;/m1./s1. The van der Waals surface area contributed by atoms with Gasteiger partial charge in [0.2, 0.25) is 5.91 Å². The summed E-state index contributed by atoms with van der Waals surface area (Å²) in [5, 5.41) is 14.4. The summed E-state index contributed by atoms with van der Waals surface area (Å²) >= 11 is 11.8. The van der Waals surface area contributed by atoms with E-state index in [1.54, 1.807) is 41.4 Å². The fraction of sp³-hybridized carbons (Fsp3) is 0.323. The number of carbonyl (C=O) groups is 3. The summed E-state index contributed by atoms with van der Waals surface area (Å²) in [6.45, 7) is 4.81. The summed E-state index contributed by atoms with van der Waals surface area (Å²) in [5.74, 6) is -6.44. The summed E-state index contributed by atoms with van der Waals surface area (Å²) in [4.78, 5) is 58.8. The highest BCUT2D eigenvalue weighted by Gasteiger charge is 2.54. The third-order valence-electron chi connectivity index (χ3n) is 7.51. The number of aliphatic hydroxyl groups is 1. The Balaban J connectivity index is 0.000000402. The number of Topliss-reactive ketones (excluding diaryl/α,β-unsaturated/α-hetero) is 2. The van der Waals surface area contributed by atoms with Gasteiger partial charge in [0.1, 0.15) is 17.3 Å². The fourth-order valence-corrected chi connectivity index (χ4v) is 5.40. The van der Waals surface area contributed by atoms with Crippen LogP contribution in [0.2, 0.25) is 5.02 Å². The number of benzene rings is 2. The van der Waals surface area contributed by atoms with Crippen molar-refractivity contribution in [1.29, 1.82) is 0 Å². The number of aryl methyl sites for hydroxylation is 1. The van der Waals surface area contributed by atoms with Crippen molar-refractivity contribution in [3.05, 3.63) is 75.2 Å². The van der Waals surface area contributed by atoms with Gasteiger partial charge >= 0.3 is 23.9 Å². The van der Waals surface area contributed by atoms with Crippen molar-refractivity contribution < 1.29 is 45.8 Å². The zero-order valence-electron chi connectivity index (χ0n) is 25.9. The molecule has 1 fully saturated rings. The van der Waals surface area contributed by atoms with Crippen molar-refractivity contribution in [2.24, 2.45) is 0 Å². The summed E-state index contributed by atoms with van der Waals surface area (Å²) in [7, 11) is 0. The number of ketones is 2. The molecule has 2 aromatic heterocycles. The quantitative estimate of drug-likeness (QED) is 0.110. The maximum atomic E-state index is 12.9. The lowest BCUT2D eigenvalue weighted by Gasteiger charge is -2.36. The minimum atomic E-state index is -5.77. The van der Waals surface area contributed by atoms with Crippen molar-refractivity contribution in [1.82, 2.24) is 19.9 Å². The minimum absolute atomic E-state index is 0.00296. The van der Waals surface area contributed by atoms with E-state index in [4.69, 9.17) is 28.2 Å². The molecule has 3 heterocycles. The van der Waals surface area contributed by atoms with Gasteiger partial charge in [-0.25, -0.2) is 4.98 Å². The number of H-pyrrole nitrogens is 2. The Bertz CT molecular complexity index is 1920. The summed E-state index contributed by atoms with van der Waals surface area (Å²) in [6.07, 6.45) is -10.8. The minimum Gasteiger partial charge on any atom is -0.387 e. The van der Waals surface area contributed by atoms with Crippen LogP contribution in [0.25, 0.3) is 22.4 Å². The molecule has 50 heavy (non-hydrogen) atoms. The van der Waals surface area contributed by atoms with E-state index in [1.807, 2.05) is 13.0 Å². The van der Waals surface area contributed by atoms with E-state index in [0.29, 0.717) is 53.8 Å². The lowest BCUT2D eigenvalue weighted by Crippen LogP contribution is -2.49. The highest BCUT2D eigenvalue weighted by Crippen LogP contribution is 2.30. The highest BCUT2D eigenvalue weighted by atomic mass is 35.5. The topological polar surface area (TPSA) is 151 Å². The van der Waals surface area contributed by atoms with Gasteiger partial charge < -0.3 is 30.2 Å². The molecule has 4 N–H and O–H groups in total. The van der Waals surface area contributed by atoms with Crippen LogP contribution in [0.3, 0.4) is 0 Å². The number of rotatable bonds is 8. The van der Waals surface area contributed by atoms with Gasteiger partial charge in [0.05, 0.1) is 22.8 Å². The Hall–Kier alpha value is -4.61. The number of imidazole rings is 1. The van der Waals surface area contributed by atoms with Gasteiger partial charge in [-0.1, -0.05) is 23.7 Å². The molecule has 0 bridgehead atoms. The van der Waals surface area contributed by atoms with Gasteiger partial charge in [-0.05, 0) is 48.4 Å². The van der Waals surface area contributed by atoms with Gasteiger partial charge in [-0.3, -0.25) is 19.2 Å². The first-order valence-corrected chi connectivity index (χ1v) is 15.5. The van der Waals surface area contributed by atoms with Crippen LogP contribution >= 0.6 is 23.2 Å². The summed E-state index contributed by atoms with van der Waals surface area (Å²) in [6, 6.07) is 12.9. The first kappa shape index (κ1) is 38.2. The van der Waals surface area contributed by atoms with Crippen molar-refractivity contribution in [2.45, 2.75) is 25.4 Å². The molecule has 268 valence electrons. The number of halogens is 8. The molecule has 11 nitrogen and oxygen atoms in total. The van der Waals surface area contributed by atoms with Crippen LogP contribution in [0.4, 0.5) is 37.7 Å². The van der Waals surface area contributed by atoms with E-state index < -0.39 is 30.0 Å². The maximum absolute atomic E-state index is 12.9. The largest absolute Gasteiger partial charge is 0.458 e. The molecule has 4 aromatic rings. The predicted octanol–water partition coefficient (Wildman–Crippen LogP) is 5.16. The number of piperazine rings is 1. The van der Waals surface area contributed by atoms with Crippen LogP contribution in [0.5, 0.6) is 0 Å². The van der Waals surface area contributed by atoms with E-state index >= 15 is 0 Å². The molecular formula is C31H28Cl2F6N6O5. The summed E-state index contributed by atoms with van der Waals surface area (Å²) in [5.41, 5.74) is 4.85. The number of pyridine rings is 1. The Morgan fingerprint density at radius 1 is 1.00 bits per heavy atom. The van der Waals surface area contributed by atoms with Crippen LogP contribution in [0.15, 0.2) is 53.5 Å². The molecule has 1 aliphatic rings. The molecule has 2 aromatic carbocycles. The Morgan fingerprint density at radius 2 is 1.64 bits per heavy atom. The Morgan fingerprint density at radius 3 is 2.22 bits per heavy atom. The molecule has 1 amide bonds. The van der Waals surface area contributed by atoms with Gasteiger partial charge in [0.25, 0.3) is 5.56 Å². The van der Waals surface area contributed by atoms with Gasteiger partial charge in [-0.2, -0.15) is 26.3 Å². The number of aromatic amines is 2. The maximum Gasteiger partial charge on any atom is 0.458 e. The molecule has 0 aliphatic carbocycles. The molecule has 0 radical (unpaired) electrons. The Labute approximate surface area is 289 Å². The van der Waals surface area contributed by atoms with Crippen molar-refractivity contribution >= 4 is 63.1 Å². The zero-order valence-corrected chi connectivity index (χ0v) is 27.4. The first-order chi connectivity index (χ1) is 23.4. The average molecular weight is 749 g/mol. The number of alkyl halides is 7. The number of anilines is 2. The number of aliphatic hydroxyl groups excluding tert-OH is 1. The predicted molar refractivity (Wildman–Crippen MR) is 173 cm³/mol.